The molecule has 1 heterocycles. The molecule has 0 radical (unpaired) electrons. The molecular formula is C13H21N3S. The number of hydrogen-bond acceptors (Lipinski definition) is 3. The molecule has 1 aromatic rings. The maximum absolute atomic E-state index is 5.68. The van der Waals surface area contributed by atoms with Crippen molar-refractivity contribution in [3.8, 4) is 0 Å². The highest BCUT2D eigenvalue weighted by Gasteiger charge is 2.10. The van der Waals surface area contributed by atoms with Gasteiger partial charge in [0.1, 0.15) is 4.99 Å². The van der Waals surface area contributed by atoms with Gasteiger partial charge in [0, 0.05) is 17.8 Å². The molecule has 0 saturated carbocycles. The number of nitrogens with one attached hydrogen (secondary N) is 1. The second kappa shape index (κ2) is 6.55. The van der Waals surface area contributed by atoms with Crippen LogP contribution in [-0.4, -0.2) is 16.0 Å². The molecule has 0 aliphatic rings. The Bertz CT molecular complexity index is 379. The summed E-state index contributed by atoms with van der Waals surface area (Å²) >= 11 is 5.02. The lowest BCUT2D eigenvalue weighted by atomic mass is 10.00. The molecule has 0 amide bonds. The summed E-state index contributed by atoms with van der Waals surface area (Å²) in [7, 11) is 0. The fourth-order valence-electron chi connectivity index (χ4n) is 1.82. The zero-order valence-electron chi connectivity index (χ0n) is 10.7. The van der Waals surface area contributed by atoms with Crippen LogP contribution in [0.3, 0.4) is 0 Å². The second-order valence-corrected chi connectivity index (χ2v) is 5.02. The Morgan fingerprint density at radius 3 is 2.82 bits per heavy atom. The predicted octanol–water partition coefficient (Wildman–Crippen LogP) is 2.95. The minimum absolute atomic E-state index is 0.391. The van der Waals surface area contributed by atoms with Gasteiger partial charge in [-0.15, -0.1) is 0 Å². The molecule has 0 saturated heterocycles. The summed E-state index contributed by atoms with van der Waals surface area (Å²) in [6.45, 7) is 6.64. The van der Waals surface area contributed by atoms with Crippen LogP contribution in [0.1, 0.15) is 39.2 Å². The van der Waals surface area contributed by atoms with E-state index in [1.165, 1.54) is 6.42 Å². The molecule has 1 rings (SSSR count). The van der Waals surface area contributed by atoms with E-state index in [9.17, 15) is 0 Å². The third-order valence-electron chi connectivity index (χ3n) is 2.94. The summed E-state index contributed by atoms with van der Waals surface area (Å²) in [5.41, 5.74) is 7.47. The third kappa shape index (κ3) is 4.30. The fraction of sp³-hybridized carbons (Fsp3) is 0.538. The summed E-state index contributed by atoms with van der Waals surface area (Å²) < 4.78 is 0. The normalized spacial score (nSPS) is 14.1. The first kappa shape index (κ1) is 13.9. The quantitative estimate of drug-likeness (QED) is 0.763. The number of aromatic nitrogens is 1. The van der Waals surface area contributed by atoms with Gasteiger partial charge in [0.05, 0.1) is 11.9 Å². The predicted molar refractivity (Wildman–Crippen MR) is 77.3 cm³/mol. The molecule has 1 aromatic heterocycles. The van der Waals surface area contributed by atoms with Gasteiger partial charge in [0.25, 0.3) is 0 Å². The van der Waals surface area contributed by atoms with Crippen LogP contribution in [0.5, 0.6) is 0 Å². The van der Waals surface area contributed by atoms with E-state index >= 15 is 0 Å². The van der Waals surface area contributed by atoms with Crippen molar-refractivity contribution < 1.29 is 0 Å². The van der Waals surface area contributed by atoms with E-state index in [0.29, 0.717) is 16.9 Å². The first-order valence-corrected chi connectivity index (χ1v) is 6.45. The Kier molecular flexibility index (Phi) is 5.35. The maximum Gasteiger partial charge on any atom is 0.106 e. The Morgan fingerprint density at radius 1 is 1.53 bits per heavy atom. The number of pyridine rings is 1. The standard InChI is InChI=1S/C13H21N3S/c1-4-9(2)7-10(3)16-12-8-15-6-5-11(12)13(14)17/h5-6,8-10,16H,4,7H2,1-3H3,(H2,14,17). The SMILES string of the molecule is CCC(C)CC(C)Nc1cnccc1C(N)=S. The smallest absolute Gasteiger partial charge is 0.106 e. The van der Waals surface area contributed by atoms with E-state index in [2.05, 4.69) is 31.1 Å². The largest absolute Gasteiger partial charge is 0.389 e. The summed E-state index contributed by atoms with van der Waals surface area (Å²) in [5, 5.41) is 3.43. The highest BCUT2D eigenvalue weighted by Crippen LogP contribution is 2.18. The van der Waals surface area contributed by atoms with Crippen LogP contribution in [0.2, 0.25) is 0 Å². The average molecular weight is 251 g/mol. The van der Waals surface area contributed by atoms with Crippen LogP contribution in [-0.2, 0) is 0 Å². The topological polar surface area (TPSA) is 50.9 Å². The third-order valence-corrected chi connectivity index (χ3v) is 3.16. The minimum Gasteiger partial charge on any atom is -0.389 e. The van der Waals surface area contributed by atoms with Gasteiger partial charge in [-0.05, 0) is 25.3 Å². The fourth-order valence-corrected chi connectivity index (χ4v) is 2.00. The number of anilines is 1. The summed E-state index contributed by atoms with van der Waals surface area (Å²) in [6, 6.07) is 2.24. The number of hydrogen-bond donors (Lipinski definition) is 2. The summed E-state index contributed by atoms with van der Waals surface area (Å²) in [4.78, 5) is 4.51. The molecule has 0 aromatic carbocycles. The molecule has 0 fully saturated rings. The van der Waals surface area contributed by atoms with E-state index in [-0.39, 0.29) is 0 Å². The van der Waals surface area contributed by atoms with Crippen molar-refractivity contribution in [2.45, 2.75) is 39.7 Å². The average Bonchev–Trinajstić information content (AvgIpc) is 2.29. The Morgan fingerprint density at radius 2 is 2.24 bits per heavy atom. The zero-order chi connectivity index (χ0) is 12.8. The highest BCUT2D eigenvalue weighted by molar-refractivity contribution is 7.80. The van der Waals surface area contributed by atoms with E-state index in [1.807, 2.05) is 6.07 Å². The zero-order valence-corrected chi connectivity index (χ0v) is 11.6. The molecule has 3 N–H and O–H groups in total. The molecule has 3 nitrogen and oxygen atoms in total. The molecular weight excluding hydrogens is 230 g/mol. The van der Waals surface area contributed by atoms with Gasteiger partial charge in [0.15, 0.2) is 0 Å². The van der Waals surface area contributed by atoms with Crippen molar-refractivity contribution in [3.05, 3.63) is 24.0 Å². The van der Waals surface area contributed by atoms with Crippen molar-refractivity contribution in [1.82, 2.24) is 4.98 Å². The van der Waals surface area contributed by atoms with Gasteiger partial charge >= 0.3 is 0 Å². The van der Waals surface area contributed by atoms with E-state index in [4.69, 9.17) is 18.0 Å². The number of nitrogens with two attached hydrogens (primary N) is 1. The van der Waals surface area contributed by atoms with Crippen LogP contribution in [0.25, 0.3) is 0 Å². The van der Waals surface area contributed by atoms with Crippen LogP contribution in [0.4, 0.5) is 5.69 Å². The molecule has 2 atom stereocenters. The van der Waals surface area contributed by atoms with E-state index < -0.39 is 0 Å². The molecule has 0 aliphatic carbocycles. The van der Waals surface area contributed by atoms with Crippen molar-refractivity contribution in [1.29, 1.82) is 0 Å². The van der Waals surface area contributed by atoms with Gasteiger partial charge in [-0.1, -0.05) is 32.5 Å². The lowest BCUT2D eigenvalue weighted by Crippen LogP contribution is -2.21. The monoisotopic (exact) mass is 251 g/mol. The molecule has 2 unspecified atom stereocenters. The van der Waals surface area contributed by atoms with Crippen LogP contribution in [0, 0.1) is 5.92 Å². The van der Waals surface area contributed by atoms with Gasteiger partial charge in [-0.3, -0.25) is 4.98 Å². The van der Waals surface area contributed by atoms with Crippen LogP contribution in [0.15, 0.2) is 18.5 Å². The first-order valence-electron chi connectivity index (χ1n) is 6.05. The second-order valence-electron chi connectivity index (χ2n) is 4.58. The molecule has 17 heavy (non-hydrogen) atoms. The maximum atomic E-state index is 5.68. The van der Waals surface area contributed by atoms with Gasteiger partial charge in [0.2, 0.25) is 0 Å². The number of nitrogens with zero attached hydrogens (tertiary/aromatic N) is 1. The molecule has 0 spiro atoms. The van der Waals surface area contributed by atoms with Crippen molar-refractivity contribution in [3.63, 3.8) is 0 Å². The van der Waals surface area contributed by atoms with Gasteiger partial charge in [-0.25, -0.2) is 0 Å². The lowest BCUT2D eigenvalue weighted by molar-refractivity contribution is 0.483. The van der Waals surface area contributed by atoms with Crippen molar-refractivity contribution in [2.24, 2.45) is 11.7 Å². The molecule has 0 bridgehead atoms. The number of rotatable bonds is 6. The Balaban J connectivity index is 2.71. The summed E-state index contributed by atoms with van der Waals surface area (Å²) in [6.07, 6.45) is 5.81. The summed E-state index contributed by atoms with van der Waals surface area (Å²) in [5.74, 6) is 0.711. The Hall–Kier alpha value is -1.16. The van der Waals surface area contributed by atoms with Crippen LogP contribution >= 0.6 is 12.2 Å². The first-order chi connectivity index (χ1) is 8.04. The van der Waals surface area contributed by atoms with Crippen molar-refractivity contribution >= 4 is 22.9 Å². The van der Waals surface area contributed by atoms with E-state index in [0.717, 1.165) is 17.7 Å². The molecule has 0 aliphatic heterocycles. The van der Waals surface area contributed by atoms with Gasteiger partial charge < -0.3 is 11.1 Å². The number of thiocarbonyl (C=S) groups is 1. The van der Waals surface area contributed by atoms with Crippen molar-refractivity contribution in [2.75, 3.05) is 5.32 Å². The lowest BCUT2D eigenvalue weighted by Gasteiger charge is -2.20. The van der Waals surface area contributed by atoms with E-state index in [1.54, 1.807) is 12.4 Å². The molecule has 4 heteroatoms. The highest BCUT2D eigenvalue weighted by atomic mass is 32.1. The van der Waals surface area contributed by atoms with Gasteiger partial charge in [-0.2, -0.15) is 0 Å². The minimum atomic E-state index is 0.391. The Labute approximate surface area is 109 Å². The molecule has 94 valence electrons. The van der Waals surface area contributed by atoms with Crippen LogP contribution < -0.4 is 11.1 Å².